The third-order valence-electron chi connectivity index (χ3n) is 4.54. The zero-order chi connectivity index (χ0) is 15.2. The minimum atomic E-state index is -0.767. The number of benzene rings is 1. The summed E-state index contributed by atoms with van der Waals surface area (Å²) < 4.78 is 0. The Labute approximate surface area is 127 Å². The number of amides is 3. The molecular weight excluding hydrogens is 282 g/mol. The number of aromatic amines is 1. The Kier molecular flexibility index (Phi) is 2.90. The molecule has 1 aromatic carbocycles. The quantitative estimate of drug-likeness (QED) is 0.713. The molecule has 0 radical (unpaired) electrons. The molecule has 2 fully saturated rings. The van der Waals surface area contributed by atoms with Gasteiger partial charge in [0.25, 0.3) is 5.91 Å². The zero-order valence-electron chi connectivity index (χ0n) is 12.1. The molecule has 1 spiro atoms. The molecule has 3 amide bonds. The molecule has 7 heteroatoms. The van der Waals surface area contributed by atoms with E-state index in [1.807, 2.05) is 12.1 Å². The van der Waals surface area contributed by atoms with Crippen molar-refractivity contribution in [3.05, 3.63) is 30.0 Å². The number of fused-ring (bicyclic) bond motifs is 1. The van der Waals surface area contributed by atoms with E-state index in [2.05, 4.69) is 31.8 Å². The van der Waals surface area contributed by atoms with Crippen LogP contribution in [0.3, 0.4) is 0 Å². The van der Waals surface area contributed by atoms with Crippen molar-refractivity contribution >= 4 is 22.8 Å². The first kappa shape index (κ1) is 13.3. The van der Waals surface area contributed by atoms with Crippen molar-refractivity contribution in [2.75, 3.05) is 13.1 Å². The largest absolute Gasteiger partial charge is 0.322 e. The maximum atomic E-state index is 12.1. The van der Waals surface area contributed by atoms with E-state index in [1.165, 1.54) is 0 Å². The average Bonchev–Trinajstić information content (AvgIpc) is 3.05. The van der Waals surface area contributed by atoms with E-state index in [9.17, 15) is 9.59 Å². The standard InChI is InChI=1S/C15H17N5O2/c21-13-15(18-14(22)17-13)5-2-6-20(9-15)8-11-4-1-3-10-7-16-19-12(10)11/h1,3-4,7H,2,5-6,8-9H2,(H,16,19)(H2,17,18,21,22). The van der Waals surface area contributed by atoms with Crippen LogP contribution in [0.15, 0.2) is 24.4 Å². The lowest BCUT2D eigenvalue weighted by atomic mass is 9.89. The maximum Gasteiger partial charge on any atom is 0.322 e. The van der Waals surface area contributed by atoms with Crippen molar-refractivity contribution in [2.45, 2.75) is 24.9 Å². The zero-order valence-corrected chi connectivity index (χ0v) is 12.1. The van der Waals surface area contributed by atoms with Crippen LogP contribution < -0.4 is 10.6 Å². The van der Waals surface area contributed by atoms with Gasteiger partial charge in [-0.1, -0.05) is 18.2 Å². The number of aromatic nitrogens is 2. The van der Waals surface area contributed by atoms with Gasteiger partial charge in [-0.05, 0) is 24.9 Å². The highest BCUT2D eigenvalue weighted by Gasteiger charge is 2.48. The van der Waals surface area contributed by atoms with Crippen LogP contribution in [0.1, 0.15) is 18.4 Å². The number of H-pyrrole nitrogens is 1. The van der Waals surface area contributed by atoms with Gasteiger partial charge in [0, 0.05) is 18.5 Å². The van der Waals surface area contributed by atoms with Crippen LogP contribution in [0.2, 0.25) is 0 Å². The third-order valence-corrected chi connectivity index (χ3v) is 4.54. The number of hydrogen-bond acceptors (Lipinski definition) is 4. The van der Waals surface area contributed by atoms with Gasteiger partial charge in [0.05, 0.1) is 11.7 Å². The van der Waals surface area contributed by atoms with Crippen molar-refractivity contribution in [1.29, 1.82) is 0 Å². The smallest absolute Gasteiger partial charge is 0.322 e. The van der Waals surface area contributed by atoms with E-state index in [0.717, 1.165) is 36.0 Å². The number of piperidine rings is 1. The molecule has 0 bridgehead atoms. The number of nitrogens with zero attached hydrogens (tertiary/aromatic N) is 2. The van der Waals surface area contributed by atoms with Crippen molar-refractivity contribution < 1.29 is 9.59 Å². The van der Waals surface area contributed by atoms with Crippen LogP contribution in [0.4, 0.5) is 4.79 Å². The Balaban J connectivity index is 1.57. The molecule has 114 valence electrons. The number of hydrogen-bond donors (Lipinski definition) is 3. The van der Waals surface area contributed by atoms with E-state index in [-0.39, 0.29) is 11.9 Å². The first-order chi connectivity index (χ1) is 10.7. The summed E-state index contributed by atoms with van der Waals surface area (Å²) in [5.74, 6) is -0.207. The second-order valence-corrected chi connectivity index (χ2v) is 6.06. The minimum absolute atomic E-state index is 0.207. The first-order valence-electron chi connectivity index (χ1n) is 7.43. The van der Waals surface area contributed by atoms with Crippen molar-refractivity contribution in [3.8, 4) is 0 Å². The molecule has 1 atom stereocenters. The van der Waals surface area contributed by atoms with Crippen LogP contribution in [0.25, 0.3) is 10.9 Å². The second-order valence-electron chi connectivity index (χ2n) is 6.06. The monoisotopic (exact) mass is 299 g/mol. The lowest BCUT2D eigenvalue weighted by molar-refractivity contribution is -0.126. The molecular formula is C15H17N5O2. The van der Waals surface area contributed by atoms with Crippen LogP contribution in [0, 0.1) is 0 Å². The first-order valence-corrected chi connectivity index (χ1v) is 7.43. The number of imide groups is 1. The second kappa shape index (κ2) is 4.81. The van der Waals surface area contributed by atoms with Gasteiger partial charge in [-0.3, -0.25) is 20.1 Å². The van der Waals surface area contributed by atoms with Crippen molar-refractivity contribution in [3.63, 3.8) is 0 Å². The molecule has 0 saturated carbocycles. The number of para-hydroxylation sites is 1. The summed E-state index contributed by atoms with van der Waals surface area (Å²) in [6.07, 6.45) is 3.38. The summed E-state index contributed by atoms with van der Waals surface area (Å²) in [5, 5.41) is 13.4. The molecule has 7 nitrogen and oxygen atoms in total. The number of nitrogens with one attached hydrogen (secondary N) is 3. The van der Waals surface area contributed by atoms with E-state index in [4.69, 9.17) is 0 Å². The number of urea groups is 1. The summed E-state index contributed by atoms with van der Waals surface area (Å²) >= 11 is 0. The Bertz CT molecular complexity index is 755. The lowest BCUT2D eigenvalue weighted by Gasteiger charge is -2.38. The molecule has 22 heavy (non-hydrogen) atoms. The average molecular weight is 299 g/mol. The van der Waals surface area contributed by atoms with Gasteiger partial charge in [0.1, 0.15) is 5.54 Å². The maximum absolute atomic E-state index is 12.1. The summed E-state index contributed by atoms with van der Waals surface area (Å²) in [7, 11) is 0. The fourth-order valence-corrected chi connectivity index (χ4v) is 3.50. The molecule has 2 saturated heterocycles. The Morgan fingerprint density at radius 2 is 2.23 bits per heavy atom. The number of likely N-dealkylation sites (tertiary alicyclic amines) is 1. The van der Waals surface area contributed by atoms with Gasteiger partial charge in [-0.2, -0.15) is 5.10 Å². The van der Waals surface area contributed by atoms with Crippen LogP contribution >= 0.6 is 0 Å². The molecule has 3 heterocycles. The van der Waals surface area contributed by atoms with Crippen LogP contribution in [-0.4, -0.2) is 45.7 Å². The predicted octanol–water partition coefficient (Wildman–Crippen LogP) is 0.737. The summed E-state index contributed by atoms with van der Waals surface area (Å²) in [5.41, 5.74) is 1.41. The fraction of sp³-hybridized carbons (Fsp3) is 0.400. The highest BCUT2D eigenvalue weighted by molar-refractivity contribution is 6.07. The Morgan fingerprint density at radius 1 is 1.32 bits per heavy atom. The molecule has 1 unspecified atom stereocenters. The Morgan fingerprint density at radius 3 is 3.05 bits per heavy atom. The van der Waals surface area contributed by atoms with Gasteiger partial charge in [0.2, 0.25) is 0 Å². The summed E-state index contributed by atoms with van der Waals surface area (Å²) in [6, 6.07) is 5.71. The SMILES string of the molecule is O=C1NC(=O)C2(CCCN(Cc3cccc4cn[nH]c34)C2)N1. The molecule has 2 aliphatic rings. The van der Waals surface area contributed by atoms with E-state index < -0.39 is 5.54 Å². The molecule has 4 rings (SSSR count). The third kappa shape index (κ3) is 2.05. The van der Waals surface area contributed by atoms with Crippen molar-refractivity contribution in [2.24, 2.45) is 0 Å². The van der Waals surface area contributed by atoms with Gasteiger partial charge in [-0.15, -0.1) is 0 Å². The lowest BCUT2D eigenvalue weighted by Crippen LogP contribution is -2.58. The van der Waals surface area contributed by atoms with E-state index in [0.29, 0.717) is 13.0 Å². The van der Waals surface area contributed by atoms with Crippen LogP contribution in [-0.2, 0) is 11.3 Å². The van der Waals surface area contributed by atoms with E-state index in [1.54, 1.807) is 6.20 Å². The fourth-order valence-electron chi connectivity index (χ4n) is 3.50. The van der Waals surface area contributed by atoms with Crippen molar-refractivity contribution in [1.82, 2.24) is 25.7 Å². The molecule has 0 aliphatic carbocycles. The summed E-state index contributed by atoms with van der Waals surface area (Å²) in [4.78, 5) is 25.8. The number of carbonyl (C=O) groups is 2. The molecule has 2 aliphatic heterocycles. The van der Waals surface area contributed by atoms with E-state index >= 15 is 0 Å². The normalized spacial score (nSPS) is 25.6. The highest BCUT2D eigenvalue weighted by Crippen LogP contribution is 2.26. The van der Waals surface area contributed by atoms with Crippen LogP contribution in [0.5, 0.6) is 0 Å². The Hall–Kier alpha value is -2.41. The van der Waals surface area contributed by atoms with Gasteiger partial charge in [0.15, 0.2) is 0 Å². The summed E-state index contributed by atoms with van der Waals surface area (Å²) in [6.45, 7) is 2.18. The molecule has 3 N–H and O–H groups in total. The topological polar surface area (TPSA) is 90.1 Å². The number of carbonyl (C=O) groups excluding carboxylic acids is 2. The molecule has 1 aromatic heterocycles. The van der Waals surface area contributed by atoms with Gasteiger partial charge >= 0.3 is 6.03 Å². The highest BCUT2D eigenvalue weighted by atomic mass is 16.2. The predicted molar refractivity (Wildman–Crippen MR) is 80.0 cm³/mol. The van der Waals surface area contributed by atoms with Gasteiger partial charge < -0.3 is 5.32 Å². The number of rotatable bonds is 2. The van der Waals surface area contributed by atoms with Gasteiger partial charge in [-0.25, -0.2) is 4.79 Å². The molecule has 2 aromatic rings. The minimum Gasteiger partial charge on any atom is -0.322 e.